The number of carbonyl (C=O) groups is 4. The molecule has 7 fully saturated rings. The Balaban J connectivity index is 1.43. The summed E-state index contributed by atoms with van der Waals surface area (Å²) in [7, 11) is 0. The van der Waals surface area contributed by atoms with Crippen molar-refractivity contribution in [1.29, 1.82) is 0 Å². The Hall–Kier alpha value is -2.18. The highest BCUT2D eigenvalue weighted by Gasteiger charge is 2.93. The van der Waals surface area contributed by atoms with Gasteiger partial charge in [-0.2, -0.15) is 0 Å². The first-order valence-corrected chi connectivity index (χ1v) is 13.8. The number of allylic oxidation sites excluding steroid dienone is 1. The molecule has 3 aliphatic carbocycles. The van der Waals surface area contributed by atoms with Gasteiger partial charge in [-0.3, -0.25) is 14.4 Å². The number of aliphatic hydroxyl groups excluding tert-OH is 1. The first-order chi connectivity index (χ1) is 18.2. The van der Waals surface area contributed by atoms with Crippen LogP contribution in [0.15, 0.2) is 12.2 Å². The zero-order chi connectivity index (χ0) is 27.8. The molecule has 0 aromatic carbocycles. The molecule has 5 bridgehead atoms. The maximum atomic E-state index is 14.9. The average Bonchev–Trinajstić information content (AvgIpc) is 3.19. The number of rotatable bonds is 0. The predicted molar refractivity (Wildman–Crippen MR) is 125 cm³/mol. The van der Waals surface area contributed by atoms with Gasteiger partial charge in [-0.1, -0.05) is 13.0 Å². The fraction of sp³-hybridized carbons (Fsp3) is 0.786. The van der Waals surface area contributed by atoms with Crippen LogP contribution in [0, 0.1) is 34.5 Å². The average molecular weight is 545 g/mol. The van der Waals surface area contributed by atoms with Crippen LogP contribution in [0.1, 0.15) is 52.9 Å². The zero-order valence-corrected chi connectivity index (χ0v) is 22.0. The second-order valence-electron chi connectivity index (χ2n) is 13.8. The number of hydrogen-bond acceptors (Lipinski definition) is 11. The summed E-state index contributed by atoms with van der Waals surface area (Å²) in [6, 6.07) is 0. The van der Waals surface area contributed by atoms with Gasteiger partial charge < -0.3 is 34.3 Å². The highest BCUT2D eigenvalue weighted by Crippen LogP contribution is 2.75. The standard InChI is InChI=1S/C28H32O11/c1-22-10-17-24(3)28-18(22)19(31)27(39-28,36-11-14(22)20(32)37-17)13-9-16(30)25(34)7-4-5-15(29)23(25,2)12(13)6-8-26(28,35)21(33)38-24/h4-5,12-14,16-18,30,34-35H,6-11H2,1-3H3/t12-,13-,14-,16-,17+,18+,22+,23-,24-,25+,26-,27?,28?/m0/s1. The van der Waals surface area contributed by atoms with Crippen LogP contribution in [0.3, 0.4) is 0 Å². The van der Waals surface area contributed by atoms with Gasteiger partial charge in [0.25, 0.3) is 0 Å². The van der Waals surface area contributed by atoms with E-state index in [4.69, 9.17) is 18.9 Å². The molecule has 3 N–H and O–H groups in total. The lowest BCUT2D eigenvalue weighted by molar-refractivity contribution is -0.382. The molecule has 0 aromatic rings. The van der Waals surface area contributed by atoms with Gasteiger partial charge in [-0.25, -0.2) is 4.79 Å². The molecule has 2 spiro atoms. The molecule has 2 unspecified atom stereocenters. The van der Waals surface area contributed by atoms with Gasteiger partial charge in [0.2, 0.25) is 5.79 Å². The SMILES string of the molecule is C[C@@]12C[C@H]3OC(=O)[C@@H]1COC14OC5([C@@H]2C1=O)[C@@]3(C)OC(=O)[C@@]5(O)CC[C@H]1[C@@H]4C[C@H](O)[C@]2(O)CC=CC(=O)[C@]12C. The molecule has 11 nitrogen and oxygen atoms in total. The van der Waals surface area contributed by atoms with Gasteiger partial charge in [0.15, 0.2) is 28.4 Å². The van der Waals surface area contributed by atoms with Gasteiger partial charge in [0, 0.05) is 5.92 Å². The molecule has 39 heavy (non-hydrogen) atoms. The number of ether oxygens (including phenoxy) is 4. The summed E-state index contributed by atoms with van der Waals surface area (Å²) in [5.74, 6) is -8.35. The Bertz CT molecular complexity index is 1330. The Morgan fingerprint density at radius 1 is 1.05 bits per heavy atom. The van der Waals surface area contributed by atoms with Crippen molar-refractivity contribution in [3.05, 3.63) is 12.2 Å². The van der Waals surface area contributed by atoms with Gasteiger partial charge in [-0.05, 0) is 63.4 Å². The summed E-state index contributed by atoms with van der Waals surface area (Å²) in [4.78, 5) is 55.5. The molecule has 0 amide bonds. The number of hydrogen-bond donors (Lipinski definition) is 3. The van der Waals surface area contributed by atoms with Crippen LogP contribution in [0.5, 0.6) is 0 Å². The summed E-state index contributed by atoms with van der Waals surface area (Å²) < 4.78 is 24.9. The predicted octanol–water partition coefficient (Wildman–Crippen LogP) is -0.277. The van der Waals surface area contributed by atoms with Crippen LogP contribution >= 0.6 is 0 Å². The van der Waals surface area contributed by atoms with E-state index in [1.165, 1.54) is 12.2 Å². The zero-order valence-electron chi connectivity index (χ0n) is 22.0. The number of ketones is 2. The number of esters is 2. The molecular weight excluding hydrogens is 512 g/mol. The summed E-state index contributed by atoms with van der Waals surface area (Å²) in [5.41, 5.74) is -10.4. The van der Waals surface area contributed by atoms with Crippen LogP contribution in [0.2, 0.25) is 0 Å². The number of aliphatic hydroxyl groups is 3. The fourth-order valence-corrected chi connectivity index (χ4v) is 10.6. The van der Waals surface area contributed by atoms with Crippen molar-refractivity contribution in [2.45, 2.75) is 93.3 Å². The molecular formula is C28H32O11. The van der Waals surface area contributed by atoms with E-state index in [2.05, 4.69) is 0 Å². The quantitative estimate of drug-likeness (QED) is 0.344. The van der Waals surface area contributed by atoms with Gasteiger partial charge >= 0.3 is 11.9 Å². The number of fused-ring (bicyclic) bond motifs is 5. The largest absolute Gasteiger partial charge is 0.458 e. The molecule has 8 rings (SSSR count). The van der Waals surface area contributed by atoms with Crippen molar-refractivity contribution in [2.75, 3.05) is 6.61 Å². The van der Waals surface area contributed by atoms with Crippen molar-refractivity contribution >= 4 is 23.5 Å². The van der Waals surface area contributed by atoms with Crippen LogP contribution in [0.4, 0.5) is 0 Å². The number of Topliss-reactive ketones (excluding diaryl/α,β-unsaturated/α-hetero) is 1. The Morgan fingerprint density at radius 2 is 1.79 bits per heavy atom. The molecule has 0 radical (unpaired) electrons. The van der Waals surface area contributed by atoms with Crippen molar-refractivity contribution in [3.8, 4) is 0 Å². The van der Waals surface area contributed by atoms with E-state index in [0.29, 0.717) is 0 Å². The first kappa shape index (κ1) is 24.6. The summed E-state index contributed by atoms with van der Waals surface area (Å²) in [5, 5.41) is 35.6. The molecule has 13 atom stereocenters. The second kappa shape index (κ2) is 6.49. The van der Waals surface area contributed by atoms with E-state index in [9.17, 15) is 34.5 Å². The van der Waals surface area contributed by atoms with Gasteiger partial charge in [-0.15, -0.1) is 0 Å². The monoisotopic (exact) mass is 544 g/mol. The van der Waals surface area contributed by atoms with Crippen LogP contribution in [-0.2, 0) is 38.1 Å². The van der Waals surface area contributed by atoms with E-state index in [-0.39, 0.29) is 38.7 Å². The van der Waals surface area contributed by atoms with Crippen LogP contribution in [-0.4, -0.2) is 85.8 Å². The van der Waals surface area contributed by atoms with Crippen LogP contribution < -0.4 is 0 Å². The molecule has 5 saturated heterocycles. The minimum Gasteiger partial charge on any atom is -0.458 e. The Kier molecular flexibility index (Phi) is 4.09. The van der Waals surface area contributed by atoms with Crippen molar-refractivity contribution in [3.63, 3.8) is 0 Å². The molecule has 5 aliphatic heterocycles. The number of carbonyl (C=O) groups excluding carboxylic acids is 4. The minimum absolute atomic E-state index is 0.0207. The molecule has 0 aromatic heterocycles. The van der Waals surface area contributed by atoms with E-state index in [1.807, 2.05) is 0 Å². The second-order valence-corrected chi connectivity index (χ2v) is 13.8. The molecule has 8 aliphatic rings. The summed E-state index contributed by atoms with van der Waals surface area (Å²) in [6.07, 6.45) is 0.491. The summed E-state index contributed by atoms with van der Waals surface area (Å²) in [6.45, 7) is 4.69. The lowest BCUT2D eigenvalue weighted by Crippen LogP contribution is -2.79. The van der Waals surface area contributed by atoms with Crippen molar-refractivity contribution in [1.82, 2.24) is 0 Å². The normalized spacial score (nSPS) is 62.0. The maximum Gasteiger partial charge on any atom is 0.342 e. The molecule has 11 heteroatoms. The van der Waals surface area contributed by atoms with E-state index < -0.39 is 98.4 Å². The van der Waals surface area contributed by atoms with Gasteiger partial charge in [0.1, 0.15) is 11.7 Å². The van der Waals surface area contributed by atoms with E-state index in [1.54, 1.807) is 20.8 Å². The highest BCUT2D eigenvalue weighted by molar-refractivity contribution is 6.00. The smallest absolute Gasteiger partial charge is 0.342 e. The van der Waals surface area contributed by atoms with E-state index >= 15 is 0 Å². The molecule has 210 valence electrons. The third-order valence-electron chi connectivity index (χ3n) is 12.7. The van der Waals surface area contributed by atoms with E-state index in [0.717, 1.165) is 0 Å². The first-order valence-electron chi connectivity index (χ1n) is 13.8. The third-order valence-corrected chi connectivity index (χ3v) is 12.7. The lowest BCUT2D eigenvalue weighted by atomic mass is 9.46. The van der Waals surface area contributed by atoms with Crippen molar-refractivity contribution < 1.29 is 53.4 Å². The Morgan fingerprint density at radius 3 is 2.54 bits per heavy atom. The highest BCUT2D eigenvalue weighted by atomic mass is 16.8. The Labute approximate surface area is 223 Å². The van der Waals surface area contributed by atoms with Crippen LogP contribution in [0.25, 0.3) is 0 Å². The maximum absolute atomic E-state index is 14.9. The van der Waals surface area contributed by atoms with Crippen molar-refractivity contribution in [2.24, 2.45) is 34.5 Å². The lowest BCUT2D eigenvalue weighted by Gasteiger charge is -2.64. The molecule has 5 heterocycles. The topological polar surface area (TPSA) is 166 Å². The molecule has 2 saturated carbocycles. The fourth-order valence-electron chi connectivity index (χ4n) is 10.6. The minimum atomic E-state index is -2.32. The van der Waals surface area contributed by atoms with Gasteiger partial charge in [0.05, 0.1) is 30.0 Å². The third kappa shape index (κ3) is 2.10. The summed E-state index contributed by atoms with van der Waals surface area (Å²) >= 11 is 0.